The van der Waals surface area contributed by atoms with E-state index in [0.717, 1.165) is 31.8 Å². The van der Waals surface area contributed by atoms with Gasteiger partial charge in [-0.1, -0.05) is 6.92 Å². The zero-order valence-electron chi connectivity index (χ0n) is 9.57. The minimum absolute atomic E-state index is 0.193. The van der Waals surface area contributed by atoms with Gasteiger partial charge in [-0.15, -0.1) is 11.3 Å². The van der Waals surface area contributed by atoms with Crippen molar-refractivity contribution in [2.75, 3.05) is 26.4 Å². The molecule has 2 heterocycles. The van der Waals surface area contributed by atoms with E-state index in [-0.39, 0.29) is 6.10 Å². The molecule has 0 aromatic carbocycles. The van der Waals surface area contributed by atoms with Gasteiger partial charge < -0.3 is 14.8 Å². The van der Waals surface area contributed by atoms with Crippen molar-refractivity contribution in [3.8, 4) is 0 Å². The predicted octanol–water partition coefficient (Wildman–Crippen LogP) is 1.21. The second kappa shape index (κ2) is 6.30. The van der Waals surface area contributed by atoms with Crippen LogP contribution in [0.25, 0.3) is 0 Å². The summed E-state index contributed by atoms with van der Waals surface area (Å²) < 4.78 is 10.9. The predicted molar refractivity (Wildman–Crippen MR) is 63.8 cm³/mol. The molecule has 1 fully saturated rings. The first-order chi connectivity index (χ1) is 7.88. The monoisotopic (exact) mass is 242 g/mol. The maximum atomic E-state index is 5.54. The van der Waals surface area contributed by atoms with E-state index < -0.39 is 0 Å². The fourth-order valence-electron chi connectivity index (χ4n) is 1.61. The van der Waals surface area contributed by atoms with Crippen molar-refractivity contribution in [3.63, 3.8) is 0 Å². The Kier molecular flexibility index (Phi) is 4.71. The molecule has 1 aliphatic heterocycles. The number of nitrogens with one attached hydrogen (secondary N) is 1. The molecule has 1 saturated heterocycles. The first-order valence-corrected chi connectivity index (χ1v) is 6.59. The molecule has 0 bridgehead atoms. The Labute approximate surface area is 100.0 Å². The number of hydrogen-bond donors (Lipinski definition) is 1. The lowest BCUT2D eigenvalue weighted by atomic mass is 10.3. The summed E-state index contributed by atoms with van der Waals surface area (Å²) in [5, 5.41) is 6.67. The summed E-state index contributed by atoms with van der Waals surface area (Å²) in [7, 11) is 0. The van der Waals surface area contributed by atoms with Crippen molar-refractivity contribution >= 4 is 11.3 Å². The molecule has 1 unspecified atom stereocenters. The molecule has 0 amide bonds. The summed E-state index contributed by atoms with van der Waals surface area (Å²) in [4.78, 5) is 4.50. The molecule has 0 aliphatic carbocycles. The van der Waals surface area contributed by atoms with Gasteiger partial charge in [-0.3, -0.25) is 0 Å². The van der Waals surface area contributed by atoms with Crippen molar-refractivity contribution in [2.45, 2.75) is 26.0 Å². The van der Waals surface area contributed by atoms with Gasteiger partial charge in [0.05, 0.1) is 36.6 Å². The molecule has 2 rings (SSSR count). The molecule has 0 saturated carbocycles. The van der Waals surface area contributed by atoms with E-state index in [1.54, 1.807) is 11.3 Å². The first-order valence-electron chi connectivity index (χ1n) is 5.72. The molecule has 1 aromatic rings. The van der Waals surface area contributed by atoms with Crippen LogP contribution in [0.2, 0.25) is 0 Å². The first kappa shape index (κ1) is 12.0. The molecule has 0 radical (unpaired) electrons. The van der Waals surface area contributed by atoms with E-state index in [4.69, 9.17) is 9.47 Å². The number of nitrogens with zero attached hydrogens (tertiary/aromatic N) is 1. The van der Waals surface area contributed by atoms with Crippen molar-refractivity contribution < 1.29 is 9.47 Å². The summed E-state index contributed by atoms with van der Waals surface area (Å²) in [6.45, 7) is 5.91. The number of thiazole rings is 1. The molecule has 0 spiro atoms. The molecule has 1 N–H and O–H groups in total. The van der Waals surface area contributed by atoms with Gasteiger partial charge in [0.2, 0.25) is 0 Å². The molecule has 1 aromatic heterocycles. The highest BCUT2D eigenvalue weighted by Gasteiger charge is 2.13. The lowest BCUT2D eigenvalue weighted by molar-refractivity contribution is -0.0864. The number of aryl methyl sites for hydroxylation is 1. The molecule has 1 atom stereocenters. The Morgan fingerprint density at radius 3 is 3.19 bits per heavy atom. The van der Waals surface area contributed by atoms with E-state index in [9.17, 15) is 0 Å². The number of aromatic nitrogens is 1. The van der Waals surface area contributed by atoms with Crippen molar-refractivity contribution in [2.24, 2.45) is 0 Å². The van der Waals surface area contributed by atoms with Crippen LogP contribution in [0.1, 0.15) is 17.6 Å². The van der Waals surface area contributed by atoms with Crippen LogP contribution in [0.3, 0.4) is 0 Å². The Bertz CT molecular complexity index is 311. The highest BCUT2D eigenvalue weighted by Crippen LogP contribution is 2.09. The number of rotatable bonds is 5. The Hall–Kier alpha value is -0.490. The zero-order valence-corrected chi connectivity index (χ0v) is 10.4. The standard InChI is InChI=1S/C11H18N2O2S/c1-2-11-13-9(8-16-11)5-12-6-10-7-14-3-4-15-10/h8,10,12H,2-7H2,1H3. The highest BCUT2D eigenvalue weighted by atomic mass is 32.1. The summed E-state index contributed by atoms with van der Waals surface area (Å²) in [6.07, 6.45) is 1.21. The van der Waals surface area contributed by atoms with Crippen molar-refractivity contribution in [1.29, 1.82) is 0 Å². The van der Waals surface area contributed by atoms with Crippen LogP contribution in [-0.4, -0.2) is 37.5 Å². The molecule has 4 nitrogen and oxygen atoms in total. The van der Waals surface area contributed by atoms with Crippen LogP contribution >= 0.6 is 11.3 Å². The fraction of sp³-hybridized carbons (Fsp3) is 0.727. The maximum Gasteiger partial charge on any atom is 0.0933 e. The third kappa shape index (κ3) is 3.52. The second-order valence-corrected chi connectivity index (χ2v) is 4.73. The van der Waals surface area contributed by atoms with E-state index in [1.807, 2.05) is 0 Å². The van der Waals surface area contributed by atoms with Crippen molar-refractivity contribution in [3.05, 3.63) is 16.1 Å². The van der Waals surface area contributed by atoms with Crippen LogP contribution in [0.4, 0.5) is 0 Å². The van der Waals surface area contributed by atoms with Crippen LogP contribution in [0.15, 0.2) is 5.38 Å². The lowest BCUT2D eigenvalue weighted by Gasteiger charge is -2.22. The van der Waals surface area contributed by atoms with Crippen LogP contribution in [0.5, 0.6) is 0 Å². The third-order valence-electron chi connectivity index (χ3n) is 2.46. The van der Waals surface area contributed by atoms with Gasteiger partial charge in [0, 0.05) is 18.5 Å². The fourth-order valence-corrected chi connectivity index (χ4v) is 2.35. The van der Waals surface area contributed by atoms with Gasteiger partial charge in [0.1, 0.15) is 0 Å². The second-order valence-electron chi connectivity index (χ2n) is 3.78. The average molecular weight is 242 g/mol. The topological polar surface area (TPSA) is 43.4 Å². The van der Waals surface area contributed by atoms with Crippen LogP contribution < -0.4 is 5.32 Å². The largest absolute Gasteiger partial charge is 0.376 e. The van der Waals surface area contributed by atoms with E-state index >= 15 is 0 Å². The molecule has 16 heavy (non-hydrogen) atoms. The maximum absolute atomic E-state index is 5.54. The third-order valence-corrected chi connectivity index (χ3v) is 3.51. The number of ether oxygens (including phenoxy) is 2. The minimum atomic E-state index is 0.193. The Morgan fingerprint density at radius 1 is 1.56 bits per heavy atom. The highest BCUT2D eigenvalue weighted by molar-refractivity contribution is 7.09. The Morgan fingerprint density at radius 2 is 2.50 bits per heavy atom. The smallest absolute Gasteiger partial charge is 0.0933 e. The van der Waals surface area contributed by atoms with Gasteiger partial charge >= 0.3 is 0 Å². The van der Waals surface area contributed by atoms with Crippen molar-refractivity contribution in [1.82, 2.24) is 10.3 Å². The average Bonchev–Trinajstić information content (AvgIpc) is 2.78. The number of hydrogen-bond acceptors (Lipinski definition) is 5. The van der Waals surface area contributed by atoms with E-state index in [2.05, 4.69) is 22.6 Å². The summed E-state index contributed by atoms with van der Waals surface area (Å²) in [5.74, 6) is 0. The minimum Gasteiger partial charge on any atom is -0.376 e. The van der Waals surface area contributed by atoms with E-state index in [0.29, 0.717) is 13.2 Å². The molecule has 1 aliphatic rings. The van der Waals surface area contributed by atoms with Gasteiger partial charge in [0.25, 0.3) is 0 Å². The molecule has 90 valence electrons. The molecule has 5 heteroatoms. The molecular weight excluding hydrogens is 224 g/mol. The van der Waals surface area contributed by atoms with Gasteiger partial charge in [-0.2, -0.15) is 0 Å². The SMILES string of the molecule is CCc1nc(CNCC2COCCO2)cs1. The van der Waals surface area contributed by atoms with E-state index in [1.165, 1.54) is 5.01 Å². The summed E-state index contributed by atoms with van der Waals surface area (Å²) in [5.41, 5.74) is 1.12. The lowest BCUT2D eigenvalue weighted by Crippen LogP contribution is -2.37. The van der Waals surface area contributed by atoms with Crippen LogP contribution in [-0.2, 0) is 22.4 Å². The Balaban J connectivity index is 1.66. The van der Waals surface area contributed by atoms with Gasteiger partial charge in [0.15, 0.2) is 0 Å². The quantitative estimate of drug-likeness (QED) is 0.843. The molecular formula is C11H18N2O2S. The normalized spacial score (nSPS) is 21.2. The summed E-state index contributed by atoms with van der Waals surface area (Å²) >= 11 is 1.73. The summed E-state index contributed by atoms with van der Waals surface area (Å²) in [6, 6.07) is 0. The zero-order chi connectivity index (χ0) is 11.2. The van der Waals surface area contributed by atoms with Crippen LogP contribution in [0, 0.1) is 0 Å². The van der Waals surface area contributed by atoms with Gasteiger partial charge in [-0.25, -0.2) is 4.98 Å². The van der Waals surface area contributed by atoms with Gasteiger partial charge in [-0.05, 0) is 6.42 Å².